The molecule has 1 fully saturated rings. The average Bonchev–Trinajstić information content (AvgIpc) is 3.10. The highest BCUT2D eigenvalue weighted by Crippen LogP contribution is 2.28. The number of benzene rings is 1. The van der Waals surface area contributed by atoms with Gasteiger partial charge in [0.2, 0.25) is 0 Å². The molecule has 0 saturated carbocycles. The largest absolute Gasteiger partial charge is 0.335 e. The minimum Gasteiger partial charge on any atom is -0.335 e. The fourth-order valence-electron chi connectivity index (χ4n) is 2.99. The summed E-state index contributed by atoms with van der Waals surface area (Å²) in [7, 11) is 0. The summed E-state index contributed by atoms with van der Waals surface area (Å²) in [6.45, 7) is 5.58. The van der Waals surface area contributed by atoms with Crippen LogP contribution >= 0.6 is 22.9 Å². The number of aromatic nitrogens is 1. The maximum absolute atomic E-state index is 12.5. The number of amides is 1. The third-order valence-electron chi connectivity index (χ3n) is 4.45. The minimum absolute atomic E-state index is 0.00371. The first-order chi connectivity index (χ1) is 11.6. The lowest BCUT2D eigenvalue weighted by atomic mass is 10.1. The third kappa shape index (κ3) is 3.62. The molecule has 2 heterocycles. The van der Waals surface area contributed by atoms with Crippen molar-refractivity contribution in [1.29, 1.82) is 0 Å². The molecule has 5 nitrogen and oxygen atoms in total. The summed E-state index contributed by atoms with van der Waals surface area (Å²) in [5.74, 6) is -0.00371. The van der Waals surface area contributed by atoms with Gasteiger partial charge in [-0.3, -0.25) is 9.69 Å². The molecule has 1 aliphatic rings. The summed E-state index contributed by atoms with van der Waals surface area (Å²) in [6, 6.07) is 8.17. The summed E-state index contributed by atoms with van der Waals surface area (Å²) >= 11 is 7.74. The van der Waals surface area contributed by atoms with Gasteiger partial charge in [0.25, 0.3) is 5.91 Å². The molecule has 0 bridgehead atoms. The molecule has 7 heteroatoms. The molecule has 1 aromatic heterocycles. The predicted octanol–water partition coefficient (Wildman–Crippen LogP) is 2.77. The second-order valence-corrected chi connectivity index (χ2v) is 7.21. The molecular formula is C17H21ClN4OS. The number of carbonyl (C=O) groups excluding carboxylic acids is 1. The predicted molar refractivity (Wildman–Crippen MR) is 97.3 cm³/mol. The summed E-state index contributed by atoms with van der Waals surface area (Å²) in [5, 5.41) is 3.38. The third-order valence-corrected chi connectivity index (χ3v) is 5.67. The van der Waals surface area contributed by atoms with Crippen LogP contribution in [0, 0.1) is 0 Å². The molecule has 24 heavy (non-hydrogen) atoms. The van der Waals surface area contributed by atoms with E-state index in [1.807, 2.05) is 23.1 Å². The Labute approximate surface area is 151 Å². The van der Waals surface area contributed by atoms with Crippen LogP contribution in [0.4, 0.5) is 0 Å². The van der Waals surface area contributed by atoms with Crippen LogP contribution in [0.2, 0.25) is 5.02 Å². The minimum atomic E-state index is -0.00371. The van der Waals surface area contributed by atoms with Crippen molar-refractivity contribution in [2.24, 2.45) is 5.73 Å². The van der Waals surface area contributed by atoms with Gasteiger partial charge in [-0.1, -0.05) is 29.8 Å². The van der Waals surface area contributed by atoms with Crippen molar-refractivity contribution in [3.05, 3.63) is 50.9 Å². The Balaban J connectivity index is 1.61. The second-order valence-electron chi connectivity index (χ2n) is 5.86. The van der Waals surface area contributed by atoms with E-state index >= 15 is 0 Å². The van der Waals surface area contributed by atoms with Crippen LogP contribution in [0.3, 0.4) is 0 Å². The number of hydrogen-bond acceptors (Lipinski definition) is 5. The van der Waals surface area contributed by atoms with E-state index in [2.05, 4.69) is 22.9 Å². The SMILES string of the molecule is CC(c1ccccc1Cl)N1CCN(C(=O)c2csc(CN)n2)CC1. The highest BCUT2D eigenvalue weighted by atomic mass is 35.5. The normalized spacial score (nSPS) is 17.0. The van der Waals surface area contributed by atoms with Crippen molar-refractivity contribution in [3.8, 4) is 0 Å². The Kier molecular flexibility index (Phi) is 5.50. The van der Waals surface area contributed by atoms with E-state index in [0.29, 0.717) is 25.3 Å². The number of thiazole rings is 1. The van der Waals surface area contributed by atoms with Gasteiger partial charge in [-0.05, 0) is 18.6 Å². The Hall–Kier alpha value is -1.47. The number of halogens is 1. The molecule has 0 spiro atoms. The van der Waals surface area contributed by atoms with E-state index in [4.69, 9.17) is 17.3 Å². The van der Waals surface area contributed by atoms with Crippen molar-refractivity contribution in [2.45, 2.75) is 19.5 Å². The zero-order chi connectivity index (χ0) is 17.1. The van der Waals surface area contributed by atoms with Gasteiger partial charge < -0.3 is 10.6 Å². The molecule has 1 aromatic carbocycles. The van der Waals surface area contributed by atoms with Gasteiger partial charge in [0.05, 0.1) is 0 Å². The number of piperazine rings is 1. The van der Waals surface area contributed by atoms with E-state index in [1.54, 1.807) is 5.38 Å². The maximum atomic E-state index is 12.5. The molecule has 3 rings (SSSR count). The quantitative estimate of drug-likeness (QED) is 0.906. The highest BCUT2D eigenvalue weighted by molar-refractivity contribution is 7.09. The van der Waals surface area contributed by atoms with E-state index < -0.39 is 0 Å². The maximum Gasteiger partial charge on any atom is 0.273 e. The first-order valence-electron chi connectivity index (χ1n) is 8.02. The van der Waals surface area contributed by atoms with Crippen molar-refractivity contribution < 1.29 is 4.79 Å². The second kappa shape index (κ2) is 7.61. The van der Waals surface area contributed by atoms with Gasteiger partial charge in [-0.25, -0.2) is 4.98 Å². The Morgan fingerprint density at radius 2 is 2.04 bits per heavy atom. The first kappa shape index (κ1) is 17.4. The lowest BCUT2D eigenvalue weighted by Gasteiger charge is -2.38. The summed E-state index contributed by atoms with van der Waals surface area (Å²) in [5.41, 5.74) is 7.20. The number of nitrogens with zero attached hydrogens (tertiary/aromatic N) is 3. The van der Waals surface area contributed by atoms with Crippen LogP contribution in [0.15, 0.2) is 29.6 Å². The molecule has 1 atom stereocenters. The molecule has 128 valence electrons. The van der Waals surface area contributed by atoms with Crippen molar-refractivity contribution in [2.75, 3.05) is 26.2 Å². The molecule has 1 amide bonds. The summed E-state index contributed by atoms with van der Waals surface area (Å²) < 4.78 is 0. The summed E-state index contributed by atoms with van der Waals surface area (Å²) in [6.07, 6.45) is 0. The molecule has 1 unspecified atom stereocenters. The molecule has 0 radical (unpaired) electrons. The zero-order valence-electron chi connectivity index (χ0n) is 13.6. The number of carbonyl (C=O) groups is 1. The monoisotopic (exact) mass is 364 g/mol. The van der Waals surface area contributed by atoms with E-state index in [1.165, 1.54) is 11.3 Å². The fourth-order valence-corrected chi connectivity index (χ4v) is 3.93. The van der Waals surface area contributed by atoms with Crippen LogP contribution in [0.5, 0.6) is 0 Å². The fraction of sp³-hybridized carbons (Fsp3) is 0.412. The topological polar surface area (TPSA) is 62.5 Å². The molecule has 1 saturated heterocycles. The Morgan fingerprint density at radius 1 is 1.33 bits per heavy atom. The molecule has 2 N–H and O–H groups in total. The first-order valence-corrected chi connectivity index (χ1v) is 9.28. The molecule has 1 aliphatic heterocycles. The highest BCUT2D eigenvalue weighted by Gasteiger charge is 2.27. The smallest absolute Gasteiger partial charge is 0.273 e. The van der Waals surface area contributed by atoms with Gasteiger partial charge in [0.15, 0.2) is 0 Å². The van der Waals surface area contributed by atoms with E-state index in [9.17, 15) is 4.79 Å². The molecule has 0 aliphatic carbocycles. The van der Waals surface area contributed by atoms with Crippen LogP contribution in [-0.4, -0.2) is 46.9 Å². The van der Waals surface area contributed by atoms with Gasteiger partial charge in [0, 0.05) is 49.2 Å². The van der Waals surface area contributed by atoms with Crippen molar-refractivity contribution in [3.63, 3.8) is 0 Å². The molecular weight excluding hydrogens is 344 g/mol. The van der Waals surface area contributed by atoms with Gasteiger partial charge in [-0.2, -0.15) is 0 Å². The summed E-state index contributed by atoms with van der Waals surface area (Å²) in [4.78, 5) is 21.0. The van der Waals surface area contributed by atoms with Crippen molar-refractivity contribution in [1.82, 2.24) is 14.8 Å². The molecule has 2 aromatic rings. The van der Waals surface area contributed by atoms with Crippen LogP contribution in [-0.2, 0) is 6.54 Å². The zero-order valence-corrected chi connectivity index (χ0v) is 15.2. The van der Waals surface area contributed by atoms with Crippen molar-refractivity contribution >= 4 is 28.8 Å². The number of rotatable bonds is 4. The average molecular weight is 365 g/mol. The van der Waals surface area contributed by atoms with Crippen LogP contribution in [0.25, 0.3) is 0 Å². The lowest BCUT2D eigenvalue weighted by Crippen LogP contribution is -2.49. The standard InChI is InChI=1S/C17H21ClN4OS/c1-12(13-4-2-3-5-14(13)18)21-6-8-22(9-7-21)17(23)15-11-24-16(10-19)20-15/h2-5,11-12H,6-10,19H2,1H3. The number of nitrogens with two attached hydrogens (primary N) is 1. The Morgan fingerprint density at radius 3 is 2.67 bits per heavy atom. The van der Waals surface area contributed by atoms with Crippen LogP contribution < -0.4 is 5.73 Å². The Bertz CT molecular complexity index is 712. The van der Waals surface area contributed by atoms with E-state index in [-0.39, 0.29) is 11.9 Å². The van der Waals surface area contributed by atoms with E-state index in [0.717, 1.165) is 28.7 Å². The van der Waals surface area contributed by atoms with Gasteiger partial charge in [-0.15, -0.1) is 11.3 Å². The van der Waals surface area contributed by atoms with Crippen LogP contribution in [0.1, 0.15) is 34.0 Å². The van der Waals surface area contributed by atoms with Gasteiger partial charge >= 0.3 is 0 Å². The van der Waals surface area contributed by atoms with Gasteiger partial charge in [0.1, 0.15) is 10.7 Å². The lowest BCUT2D eigenvalue weighted by molar-refractivity contribution is 0.0577. The number of hydrogen-bond donors (Lipinski definition) is 1.